The van der Waals surface area contributed by atoms with E-state index in [0.717, 1.165) is 43.8 Å². The van der Waals surface area contributed by atoms with Crippen molar-refractivity contribution in [2.75, 3.05) is 0 Å². The maximum Gasteiger partial charge on any atom is 0.195 e. The van der Waals surface area contributed by atoms with Crippen LogP contribution in [0.1, 0.15) is 11.1 Å². The number of aromatic nitrogens is 2. The Kier molecular flexibility index (Phi) is 4.50. The Hall–Kier alpha value is -2.88. The SMILES string of the molecule is Cc1ccc(-c2nc3scc(-c4ccc(Cl)cc4)n3c2-c2ccc(C)cc2)cc1. The van der Waals surface area contributed by atoms with E-state index in [1.165, 1.54) is 11.1 Å². The third-order valence-electron chi connectivity index (χ3n) is 5.15. The average molecular weight is 415 g/mol. The summed E-state index contributed by atoms with van der Waals surface area (Å²) in [5.74, 6) is 0. The molecule has 0 spiro atoms. The van der Waals surface area contributed by atoms with Gasteiger partial charge in [-0.1, -0.05) is 83.4 Å². The summed E-state index contributed by atoms with van der Waals surface area (Å²) >= 11 is 7.78. The van der Waals surface area contributed by atoms with Crippen molar-refractivity contribution < 1.29 is 0 Å². The van der Waals surface area contributed by atoms with Crippen molar-refractivity contribution in [3.8, 4) is 33.8 Å². The van der Waals surface area contributed by atoms with Gasteiger partial charge in [-0.2, -0.15) is 0 Å². The number of hydrogen-bond acceptors (Lipinski definition) is 2. The molecule has 5 rings (SSSR count). The number of fused-ring (bicyclic) bond motifs is 1. The Balaban J connectivity index is 1.81. The predicted octanol–water partition coefficient (Wildman–Crippen LogP) is 7.67. The number of thiazole rings is 1. The van der Waals surface area contributed by atoms with Gasteiger partial charge >= 0.3 is 0 Å². The van der Waals surface area contributed by atoms with Gasteiger partial charge in [0.15, 0.2) is 4.96 Å². The molecule has 4 heteroatoms. The number of nitrogens with zero attached hydrogens (tertiary/aromatic N) is 2. The first-order valence-corrected chi connectivity index (χ1v) is 10.8. The Morgan fingerprint density at radius 2 is 1.28 bits per heavy atom. The molecule has 2 aromatic heterocycles. The zero-order valence-corrected chi connectivity index (χ0v) is 17.8. The minimum atomic E-state index is 0.741. The van der Waals surface area contributed by atoms with E-state index in [4.69, 9.17) is 16.6 Å². The Morgan fingerprint density at radius 3 is 1.90 bits per heavy atom. The number of halogens is 1. The molecule has 0 saturated heterocycles. The zero-order chi connectivity index (χ0) is 20.0. The van der Waals surface area contributed by atoms with Crippen LogP contribution in [0, 0.1) is 13.8 Å². The molecule has 0 aliphatic rings. The molecule has 29 heavy (non-hydrogen) atoms. The third-order valence-corrected chi connectivity index (χ3v) is 6.23. The second kappa shape index (κ2) is 7.18. The molecule has 3 aromatic carbocycles. The number of hydrogen-bond donors (Lipinski definition) is 0. The summed E-state index contributed by atoms with van der Waals surface area (Å²) in [6.07, 6.45) is 0. The molecular formula is C25H19ClN2S. The molecule has 5 aromatic rings. The maximum atomic E-state index is 6.11. The zero-order valence-electron chi connectivity index (χ0n) is 16.2. The normalized spacial score (nSPS) is 11.3. The molecule has 0 bridgehead atoms. The fourth-order valence-corrected chi connectivity index (χ4v) is 4.60. The Labute approximate surface area is 179 Å². The summed E-state index contributed by atoms with van der Waals surface area (Å²) in [5.41, 5.74) is 9.16. The minimum Gasteiger partial charge on any atom is -0.282 e. The van der Waals surface area contributed by atoms with Crippen LogP contribution in [0.4, 0.5) is 0 Å². The molecule has 0 aliphatic heterocycles. The molecule has 0 fully saturated rings. The van der Waals surface area contributed by atoms with Crippen LogP contribution in [0.15, 0.2) is 78.2 Å². The van der Waals surface area contributed by atoms with Crippen LogP contribution in [-0.4, -0.2) is 9.38 Å². The Morgan fingerprint density at radius 1 is 0.724 bits per heavy atom. The van der Waals surface area contributed by atoms with Gasteiger partial charge < -0.3 is 0 Å². The molecule has 142 valence electrons. The quantitative estimate of drug-likeness (QED) is 0.296. The van der Waals surface area contributed by atoms with Crippen molar-refractivity contribution in [3.05, 3.63) is 94.3 Å². The summed E-state index contributed by atoms with van der Waals surface area (Å²) in [5, 5.41) is 2.91. The van der Waals surface area contributed by atoms with Crippen LogP contribution >= 0.6 is 22.9 Å². The van der Waals surface area contributed by atoms with Crippen molar-refractivity contribution in [3.63, 3.8) is 0 Å². The largest absolute Gasteiger partial charge is 0.282 e. The highest BCUT2D eigenvalue weighted by Crippen LogP contribution is 2.38. The third kappa shape index (κ3) is 3.27. The standard InChI is InChI=1S/C25H19ClN2S/c1-16-3-7-19(8-4-16)23-24(20-9-5-17(2)6-10-20)28-22(15-29-25(28)27-23)18-11-13-21(26)14-12-18/h3-15H,1-2H3. The van der Waals surface area contributed by atoms with Gasteiger partial charge in [0.05, 0.1) is 17.1 Å². The molecule has 2 nitrogen and oxygen atoms in total. The van der Waals surface area contributed by atoms with Crippen LogP contribution < -0.4 is 0 Å². The topological polar surface area (TPSA) is 17.3 Å². The smallest absolute Gasteiger partial charge is 0.195 e. The summed E-state index contributed by atoms with van der Waals surface area (Å²) in [6.45, 7) is 4.22. The molecular weight excluding hydrogens is 396 g/mol. The van der Waals surface area contributed by atoms with Crippen molar-refractivity contribution in [1.82, 2.24) is 9.38 Å². The average Bonchev–Trinajstić information content (AvgIpc) is 3.29. The molecule has 0 radical (unpaired) electrons. The molecule has 0 aliphatic carbocycles. The van der Waals surface area contributed by atoms with Crippen LogP contribution in [0.5, 0.6) is 0 Å². The van der Waals surface area contributed by atoms with E-state index in [-0.39, 0.29) is 0 Å². The van der Waals surface area contributed by atoms with Gasteiger partial charge in [-0.05, 0) is 31.5 Å². The summed E-state index contributed by atoms with van der Waals surface area (Å²) < 4.78 is 2.27. The first-order valence-electron chi connectivity index (χ1n) is 9.50. The van der Waals surface area contributed by atoms with Gasteiger partial charge in [0.25, 0.3) is 0 Å². The predicted molar refractivity (Wildman–Crippen MR) is 124 cm³/mol. The lowest BCUT2D eigenvalue weighted by molar-refractivity contribution is 1.24. The highest BCUT2D eigenvalue weighted by atomic mass is 35.5. The van der Waals surface area contributed by atoms with Gasteiger partial charge in [-0.3, -0.25) is 4.40 Å². The number of aryl methyl sites for hydroxylation is 2. The summed E-state index contributed by atoms with van der Waals surface area (Å²) in [7, 11) is 0. The molecule has 0 unspecified atom stereocenters. The second-order valence-corrected chi connectivity index (χ2v) is 8.56. The van der Waals surface area contributed by atoms with Crippen molar-refractivity contribution in [2.45, 2.75) is 13.8 Å². The maximum absolute atomic E-state index is 6.11. The second-order valence-electron chi connectivity index (χ2n) is 7.29. The van der Waals surface area contributed by atoms with Crippen LogP contribution in [0.3, 0.4) is 0 Å². The van der Waals surface area contributed by atoms with E-state index in [1.807, 2.05) is 12.1 Å². The van der Waals surface area contributed by atoms with Crippen molar-refractivity contribution in [1.29, 1.82) is 0 Å². The van der Waals surface area contributed by atoms with Gasteiger partial charge in [-0.25, -0.2) is 4.98 Å². The van der Waals surface area contributed by atoms with E-state index in [1.54, 1.807) is 11.3 Å². The van der Waals surface area contributed by atoms with E-state index in [2.05, 4.69) is 84.3 Å². The van der Waals surface area contributed by atoms with Gasteiger partial charge in [0.2, 0.25) is 0 Å². The van der Waals surface area contributed by atoms with Gasteiger partial charge in [0.1, 0.15) is 0 Å². The fraction of sp³-hybridized carbons (Fsp3) is 0.0800. The van der Waals surface area contributed by atoms with E-state index in [0.29, 0.717) is 0 Å². The highest BCUT2D eigenvalue weighted by Gasteiger charge is 2.20. The molecule has 0 saturated carbocycles. The van der Waals surface area contributed by atoms with Crippen LogP contribution in [0.25, 0.3) is 38.7 Å². The summed E-state index contributed by atoms with van der Waals surface area (Å²) in [4.78, 5) is 6.02. The number of benzene rings is 3. The van der Waals surface area contributed by atoms with Gasteiger partial charge in [-0.15, -0.1) is 11.3 Å². The van der Waals surface area contributed by atoms with Crippen LogP contribution in [-0.2, 0) is 0 Å². The lowest BCUT2D eigenvalue weighted by Gasteiger charge is -2.09. The van der Waals surface area contributed by atoms with Gasteiger partial charge in [0, 0.05) is 21.5 Å². The molecule has 0 atom stereocenters. The first kappa shape index (κ1) is 18.2. The lowest BCUT2D eigenvalue weighted by atomic mass is 10.0. The van der Waals surface area contributed by atoms with E-state index < -0.39 is 0 Å². The fourth-order valence-electron chi connectivity index (χ4n) is 3.57. The Bertz CT molecular complexity index is 1290. The monoisotopic (exact) mass is 414 g/mol. The van der Waals surface area contributed by atoms with Crippen molar-refractivity contribution >= 4 is 27.9 Å². The van der Waals surface area contributed by atoms with Crippen molar-refractivity contribution in [2.24, 2.45) is 0 Å². The molecule has 0 N–H and O–H groups in total. The van der Waals surface area contributed by atoms with Crippen LogP contribution in [0.2, 0.25) is 5.02 Å². The number of imidazole rings is 1. The highest BCUT2D eigenvalue weighted by molar-refractivity contribution is 7.15. The first-order chi connectivity index (χ1) is 14.1. The molecule has 2 heterocycles. The lowest BCUT2D eigenvalue weighted by Crippen LogP contribution is -1.92. The van der Waals surface area contributed by atoms with E-state index in [9.17, 15) is 0 Å². The molecule has 0 amide bonds. The summed E-state index contributed by atoms with van der Waals surface area (Å²) in [6, 6.07) is 25.3. The minimum absolute atomic E-state index is 0.741. The van der Waals surface area contributed by atoms with E-state index >= 15 is 0 Å². The number of rotatable bonds is 3.